The monoisotopic (exact) mass is 228 g/mol. The number of aromatic hydroxyl groups is 2. The van der Waals surface area contributed by atoms with Crippen LogP contribution in [0.2, 0.25) is 5.02 Å². The number of phenolic OH excluding ortho intramolecular Hbond substituents is 2. The molecule has 1 saturated carbocycles. The first-order valence-electron chi connectivity index (χ1n) is 4.43. The van der Waals surface area contributed by atoms with Crippen LogP contribution in [0.1, 0.15) is 18.4 Å². The van der Waals surface area contributed by atoms with Crippen molar-refractivity contribution in [3.8, 4) is 11.5 Å². The number of aliphatic carboxylic acids is 1. The third-order valence-electron chi connectivity index (χ3n) is 2.74. The van der Waals surface area contributed by atoms with E-state index in [-0.39, 0.29) is 16.3 Å². The van der Waals surface area contributed by atoms with Crippen molar-refractivity contribution in [1.29, 1.82) is 0 Å². The Morgan fingerprint density at radius 2 is 1.93 bits per heavy atom. The van der Waals surface area contributed by atoms with Crippen molar-refractivity contribution in [2.45, 2.75) is 18.3 Å². The average Bonchev–Trinajstić information content (AvgIpc) is 2.93. The van der Waals surface area contributed by atoms with Gasteiger partial charge in [-0.2, -0.15) is 0 Å². The van der Waals surface area contributed by atoms with Crippen LogP contribution in [0.5, 0.6) is 11.5 Å². The van der Waals surface area contributed by atoms with Crippen LogP contribution in [0.15, 0.2) is 12.1 Å². The third-order valence-corrected chi connectivity index (χ3v) is 3.06. The molecule has 1 aromatic carbocycles. The van der Waals surface area contributed by atoms with Gasteiger partial charge in [-0.3, -0.25) is 4.79 Å². The summed E-state index contributed by atoms with van der Waals surface area (Å²) >= 11 is 5.84. The Kier molecular flexibility index (Phi) is 2.04. The number of carboxylic acid groups (broad SMARTS) is 1. The molecule has 0 unspecified atom stereocenters. The van der Waals surface area contributed by atoms with Crippen molar-refractivity contribution in [3.05, 3.63) is 22.7 Å². The molecule has 0 heterocycles. The van der Waals surface area contributed by atoms with Crippen molar-refractivity contribution in [2.24, 2.45) is 0 Å². The summed E-state index contributed by atoms with van der Waals surface area (Å²) in [7, 11) is 0. The molecule has 1 fully saturated rings. The number of carboxylic acids is 1. The molecule has 0 atom stereocenters. The summed E-state index contributed by atoms with van der Waals surface area (Å²) in [5.74, 6) is -1.80. The van der Waals surface area contributed by atoms with Gasteiger partial charge in [-0.1, -0.05) is 11.6 Å². The normalized spacial score (nSPS) is 17.4. The lowest BCUT2D eigenvalue weighted by atomic mass is 9.95. The molecule has 2 rings (SSSR count). The van der Waals surface area contributed by atoms with Crippen molar-refractivity contribution >= 4 is 17.6 Å². The fourth-order valence-corrected chi connectivity index (χ4v) is 2.04. The Labute approximate surface area is 90.7 Å². The van der Waals surface area contributed by atoms with Crippen molar-refractivity contribution in [1.82, 2.24) is 0 Å². The molecule has 0 saturated heterocycles. The van der Waals surface area contributed by atoms with Crippen LogP contribution in [0.3, 0.4) is 0 Å². The van der Waals surface area contributed by atoms with Gasteiger partial charge in [0.25, 0.3) is 0 Å². The standard InChI is InChI=1S/C10H9ClO4/c11-5-1-2-6(12)8(13)7(5)10(3-4-10)9(14)15/h1-2,12-13H,3-4H2,(H,14,15). The molecule has 1 aliphatic rings. The molecule has 0 aliphatic heterocycles. The summed E-state index contributed by atoms with van der Waals surface area (Å²) in [5.41, 5.74) is -0.989. The van der Waals surface area contributed by atoms with Crippen LogP contribution in [0.25, 0.3) is 0 Å². The summed E-state index contributed by atoms with van der Waals surface area (Å²) in [6.07, 6.45) is 0.859. The number of hydrogen-bond acceptors (Lipinski definition) is 3. The number of phenols is 2. The molecule has 1 aliphatic carbocycles. The van der Waals surface area contributed by atoms with Gasteiger partial charge < -0.3 is 15.3 Å². The first kappa shape index (κ1) is 10.1. The van der Waals surface area contributed by atoms with Gasteiger partial charge in [0.2, 0.25) is 0 Å². The first-order valence-corrected chi connectivity index (χ1v) is 4.81. The lowest BCUT2D eigenvalue weighted by Gasteiger charge is -2.14. The highest BCUT2D eigenvalue weighted by Gasteiger charge is 2.54. The predicted molar refractivity (Wildman–Crippen MR) is 53.3 cm³/mol. The van der Waals surface area contributed by atoms with Gasteiger partial charge in [0.05, 0.1) is 5.41 Å². The molecular weight excluding hydrogens is 220 g/mol. The second kappa shape index (κ2) is 3.03. The molecular formula is C10H9ClO4. The van der Waals surface area contributed by atoms with Crippen LogP contribution in [-0.4, -0.2) is 21.3 Å². The fourth-order valence-electron chi connectivity index (χ4n) is 1.71. The summed E-state index contributed by atoms with van der Waals surface area (Å²) < 4.78 is 0. The molecule has 0 amide bonds. The molecule has 1 aromatic rings. The minimum atomic E-state index is -1.11. The molecule has 5 heteroatoms. The summed E-state index contributed by atoms with van der Waals surface area (Å²) in [6.45, 7) is 0. The number of rotatable bonds is 2. The largest absolute Gasteiger partial charge is 0.504 e. The number of halogens is 1. The Morgan fingerprint density at radius 3 is 2.40 bits per heavy atom. The second-order valence-electron chi connectivity index (χ2n) is 3.68. The van der Waals surface area contributed by atoms with Gasteiger partial charge in [-0.15, -0.1) is 0 Å². The lowest BCUT2D eigenvalue weighted by molar-refractivity contribution is -0.140. The molecule has 0 bridgehead atoms. The first-order chi connectivity index (χ1) is 6.99. The van der Waals surface area contributed by atoms with Crippen LogP contribution < -0.4 is 0 Å². The van der Waals surface area contributed by atoms with Crippen molar-refractivity contribution < 1.29 is 20.1 Å². The maximum atomic E-state index is 11.0. The zero-order valence-corrected chi connectivity index (χ0v) is 8.45. The highest BCUT2D eigenvalue weighted by molar-refractivity contribution is 6.32. The summed E-state index contributed by atoms with van der Waals surface area (Å²) in [4.78, 5) is 11.0. The van der Waals surface area contributed by atoms with E-state index in [2.05, 4.69) is 0 Å². The van der Waals surface area contributed by atoms with Gasteiger partial charge in [0, 0.05) is 10.6 Å². The van der Waals surface area contributed by atoms with Gasteiger partial charge in [-0.05, 0) is 25.0 Å². The topological polar surface area (TPSA) is 77.8 Å². The molecule has 3 N–H and O–H groups in total. The van der Waals surface area contributed by atoms with E-state index in [4.69, 9.17) is 16.7 Å². The maximum Gasteiger partial charge on any atom is 0.314 e. The predicted octanol–water partition coefficient (Wildman–Crippen LogP) is 1.87. The zero-order valence-electron chi connectivity index (χ0n) is 7.70. The van der Waals surface area contributed by atoms with Gasteiger partial charge >= 0.3 is 5.97 Å². The van der Waals surface area contributed by atoms with E-state index in [0.29, 0.717) is 12.8 Å². The zero-order chi connectivity index (χ0) is 11.2. The van der Waals surface area contributed by atoms with Gasteiger partial charge in [-0.25, -0.2) is 0 Å². The third kappa shape index (κ3) is 1.33. The smallest absolute Gasteiger partial charge is 0.314 e. The Balaban J connectivity index is 2.62. The second-order valence-corrected chi connectivity index (χ2v) is 4.08. The van der Waals surface area contributed by atoms with Crippen LogP contribution in [-0.2, 0) is 10.2 Å². The molecule has 15 heavy (non-hydrogen) atoms. The quantitative estimate of drug-likeness (QED) is 0.676. The van der Waals surface area contributed by atoms with E-state index in [9.17, 15) is 15.0 Å². The Hall–Kier alpha value is -1.42. The number of benzene rings is 1. The molecule has 0 spiro atoms. The molecule has 0 aromatic heterocycles. The Bertz CT molecular complexity index is 437. The summed E-state index contributed by atoms with van der Waals surface area (Å²) in [6, 6.07) is 2.62. The summed E-state index contributed by atoms with van der Waals surface area (Å²) in [5, 5.41) is 28.1. The molecule has 0 radical (unpaired) electrons. The van der Waals surface area contributed by atoms with Crippen molar-refractivity contribution in [2.75, 3.05) is 0 Å². The van der Waals surface area contributed by atoms with E-state index in [1.807, 2.05) is 0 Å². The van der Waals surface area contributed by atoms with E-state index < -0.39 is 17.1 Å². The van der Waals surface area contributed by atoms with Crippen LogP contribution in [0, 0.1) is 0 Å². The molecule has 80 valence electrons. The minimum Gasteiger partial charge on any atom is -0.504 e. The number of carbonyl (C=O) groups is 1. The fraction of sp³-hybridized carbons (Fsp3) is 0.300. The van der Waals surface area contributed by atoms with Gasteiger partial charge in [0.15, 0.2) is 11.5 Å². The minimum absolute atomic E-state index is 0.122. The maximum absolute atomic E-state index is 11.0. The van der Waals surface area contributed by atoms with E-state index in [0.717, 1.165) is 0 Å². The van der Waals surface area contributed by atoms with E-state index >= 15 is 0 Å². The van der Waals surface area contributed by atoms with E-state index in [1.165, 1.54) is 12.1 Å². The van der Waals surface area contributed by atoms with Gasteiger partial charge in [0.1, 0.15) is 0 Å². The highest BCUT2D eigenvalue weighted by Crippen LogP contribution is 2.55. The van der Waals surface area contributed by atoms with Crippen LogP contribution in [0.4, 0.5) is 0 Å². The molecule has 4 nitrogen and oxygen atoms in total. The SMILES string of the molecule is O=C(O)C1(c2c(Cl)ccc(O)c2O)CC1. The van der Waals surface area contributed by atoms with Crippen LogP contribution >= 0.6 is 11.6 Å². The average molecular weight is 229 g/mol. The Morgan fingerprint density at radius 1 is 1.33 bits per heavy atom. The van der Waals surface area contributed by atoms with E-state index in [1.54, 1.807) is 0 Å². The van der Waals surface area contributed by atoms with Crippen molar-refractivity contribution in [3.63, 3.8) is 0 Å². The lowest BCUT2D eigenvalue weighted by Crippen LogP contribution is -2.20. The number of hydrogen-bond donors (Lipinski definition) is 3. The highest BCUT2D eigenvalue weighted by atomic mass is 35.5.